The van der Waals surface area contributed by atoms with Crippen LogP contribution in [-0.2, 0) is 11.3 Å². The van der Waals surface area contributed by atoms with Crippen LogP contribution >= 0.6 is 0 Å². The van der Waals surface area contributed by atoms with E-state index in [1.807, 2.05) is 18.3 Å². The van der Waals surface area contributed by atoms with Gasteiger partial charge in [0, 0.05) is 44.4 Å². The maximum Gasteiger partial charge on any atom is 0.252 e. The summed E-state index contributed by atoms with van der Waals surface area (Å²) in [4.78, 5) is 28.6. The first-order chi connectivity index (χ1) is 12.3. The Hall–Kier alpha value is -2.25. The third-order valence-electron chi connectivity index (χ3n) is 4.86. The molecule has 0 saturated carbocycles. The Kier molecular flexibility index (Phi) is 4.76. The highest BCUT2D eigenvalue weighted by Crippen LogP contribution is 2.27. The predicted octanol–water partition coefficient (Wildman–Crippen LogP) is 0.991. The first kappa shape index (κ1) is 16.2. The van der Waals surface area contributed by atoms with E-state index in [1.165, 1.54) is 0 Å². The van der Waals surface area contributed by atoms with Gasteiger partial charge in [0.05, 0.1) is 24.6 Å². The fourth-order valence-corrected chi connectivity index (χ4v) is 3.54. The largest absolute Gasteiger partial charge is 0.378 e. The molecule has 4 rings (SSSR count). The molecule has 25 heavy (non-hydrogen) atoms. The average molecular weight is 341 g/mol. The van der Waals surface area contributed by atoms with Gasteiger partial charge in [-0.2, -0.15) is 0 Å². The maximum absolute atomic E-state index is 12.1. The molecule has 2 aliphatic heterocycles. The Morgan fingerprint density at radius 3 is 2.92 bits per heavy atom. The second-order valence-electron chi connectivity index (χ2n) is 6.64. The molecule has 2 saturated heterocycles. The lowest BCUT2D eigenvalue weighted by Crippen LogP contribution is -2.38. The lowest BCUT2D eigenvalue weighted by molar-refractivity contribution is 0.122. The van der Waals surface area contributed by atoms with Crippen LogP contribution in [0.25, 0.3) is 0 Å². The van der Waals surface area contributed by atoms with Gasteiger partial charge in [-0.1, -0.05) is 6.07 Å². The van der Waals surface area contributed by atoms with Crippen molar-refractivity contribution in [1.29, 1.82) is 0 Å². The number of H-pyrrole nitrogens is 1. The minimum absolute atomic E-state index is 0.0744. The van der Waals surface area contributed by atoms with E-state index in [-0.39, 0.29) is 5.56 Å². The molecule has 4 heterocycles. The number of ether oxygens (including phenoxy) is 1. The van der Waals surface area contributed by atoms with Crippen LogP contribution in [0.3, 0.4) is 0 Å². The molecular weight excluding hydrogens is 318 g/mol. The van der Waals surface area contributed by atoms with Crippen LogP contribution in [0.1, 0.15) is 23.7 Å². The number of nitrogens with one attached hydrogen (secondary N) is 1. The minimum Gasteiger partial charge on any atom is -0.378 e. The summed E-state index contributed by atoms with van der Waals surface area (Å²) < 4.78 is 5.38. The highest BCUT2D eigenvalue weighted by molar-refractivity contribution is 5.32. The Morgan fingerprint density at radius 1 is 1.24 bits per heavy atom. The normalized spacial score (nSPS) is 21.6. The fourth-order valence-electron chi connectivity index (χ4n) is 3.54. The van der Waals surface area contributed by atoms with Crippen molar-refractivity contribution in [3.63, 3.8) is 0 Å². The second kappa shape index (κ2) is 7.33. The van der Waals surface area contributed by atoms with Crippen LogP contribution in [0.5, 0.6) is 0 Å². The molecule has 2 fully saturated rings. The van der Waals surface area contributed by atoms with Crippen molar-refractivity contribution >= 4 is 5.95 Å². The SMILES string of the molecule is O=c1cc([C@H]2CCN(Cc3ccccn3)C2)nc(N2CCOCC2)[nH]1. The van der Waals surface area contributed by atoms with E-state index in [0.29, 0.717) is 25.1 Å². The van der Waals surface area contributed by atoms with Gasteiger partial charge in [-0.3, -0.25) is 19.7 Å². The zero-order valence-electron chi connectivity index (χ0n) is 14.2. The van der Waals surface area contributed by atoms with Crippen molar-refractivity contribution in [3.8, 4) is 0 Å². The van der Waals surface area contributed by atoms with Crippen LogP contribution in [0.15, 0.2) is 35.3 Å². The molecule has 0 unspecified atom stereocenters. The van der Waals surface area contributed by atoms with Gasteiger partial charge < -0.3 is 9.64 Å². The van der Waals surface area contributed by atoms with Gasteiger partial charge in [0.1, 0.15) is 0 Å². The number of likely N-dealkylation sites (tertiary alicyclic amines) is 1. The summed E-state index contributed by atoms with van der Waals surface area (Å²) in [7, 11) is 0. The van der Waals surface area contributed by atoms with Gasteiger partial charge in [-0.05, 0) is 25.1 Å². The molecule has 0 amide bonds. The van der Waals surface area contributed by atoms with Crippen LogP contribution in [-0.4, -0.2) is 59.2 Å². The zero-order chi connectivity index (χ0) is 17.1. The number of hydrogen-bond donors (Lipinski definition) is 1. The van der Waals surface area contributed by atoms with Crippen molar-refractivity contribution in [2.24, 2.45) is 0 Å². The van der Waals surface area contributed by atoms with Gasteiger partial charge in [0.25, 0.3) is 5.56 Å². The number of hydrogen-bond acceptors (Lipinski definition) is 6. The number of aromatic amines is 1. The predicted molar refractivity (Wildman–Crippen MR) is 94.8 cm³/mol. The molecule has 2 aliphatic rings. The second-order valence-corrected chi connectivity index (χ2v) is 6.64. The molecule has 1 N–H and O–H groups in total. The summed E-state index contributed by atoms with van der Waals surface area (Å²) in [6.07, 6.45) is 2.85. The third kappa shape index (κ3) is 3.88. The Bertz CT molecular complexity index is 758. The third-order valence-corrected chi connectivity index (χ3v) is 4.86. The highest BCUT2D eigenvalue weighted by atomic mass is 16.5. The van der Waals surface area contributed by atoms with Crippen molar-refractivity contribution in [1.82, 2.24) is 19.9 Å². The molecule has 7 nitrogen and oxygen atoms in total. The average Bonchev–Trinajstić information content (AvgIpc) is 3.11. The van der Waals surface area contributed by atoms with E-state index in [2.05, 4.69) is 25.8 Å². The molecule has 0 spiro atoms. The molecule has 132 valence electrons. The zero-order valence-corrected chi connectivity index (χ0v) is 14.2. The van der Waals surface area contributed by atoms with E-state index in [4.69, 9.17) is 9.72 Å². The first-order valence-electron chi connectivity index (χ1n) is 8.84. The van der Waals surface area contributed by atoms with E-state index in [0.717, 1.165) is 50.5 Å². The Balaban J connectivity index is 1.46. The minimum atomic E-state index is -0.0744. The number of anilines is 1. The van der Waals surface area contributed by atoms with Crippen LogP contribution in [0.4, 0.5) is 5.95 Å². The van der Waals surface area contributed by atoms with Crippen LogP contribution in [0.2, 0.25) is 0 Å². The molecular formula is C18H23N5O2. The lowest BCUT2D eigenvalue weighted by Gasteiger charge is -2.27. The summed E-state index contributed by atoms with van der Waals surface area (Å²) in [5.41, 5.74) is 1.90. The first-order valence-corrected chi connectivity index (χ1v) is 8.84. The number of aromatic nitrogens is 3. The summed E-state index contributed by atoms with van der Waals surface area (Å²) in [6.45, 7) is 5.64. The molecule has 0 bridgehead atoms. The highest BCUT2D eigenvalue weighted by Gasteiger charge is 2.26. The fraction of sp³-hybridized carbons (Fsp3) is 0.500. The standard InChI is InChI=1S/C18H23N5O2/c24-17-11-16(20-18(21-17)23-7-9-25-10-8-23)14-4-6-22(12-14)13-15-3-1-2-5-19-15/h1-3,5,11,14H,4,6-10,12-13H2,(H,20,21,24)/t14-/m0/s1. The number of rotatable bonds is 4. The summed E-state index contributed by atoms with van der Waals surface area (Å²) in [5, 5.41) is 0. The van der Waals surface area contributed by atoms with Crippen LogP contribution in [0, 0.1) is 0 Å². The van der Waals surface area contributed by atoms with E-state index in [1.54, 1.807) is 6.07 Å². The molecule has 0 radical (unpaired) electrons. The Morgan fingerprint density at radius 2 is 2.12 bits per heavy atom. The van der Waals surface area contributed by atoms with E-state index >= 15 is 0 Å². The van der Waals surface area contributed by atoms with Crippen molar-refractivity contribution in [3.05, 3.63) is 52.2 Å². The number of morpholine rings is 1. The topological polar surface area (TPSA) is 74.3 Å². The van der Waals surface area contributed by atoms with Gasteiger partial charge in [-0.25, -0.2) is 4.98 Å². The van der Waals surface area contributed by atoms with Crippen LogP contribution < -0.4 is 10.5 Å². The Labute approximate surface area is 146 Å². The van der Waals surface area contributed by atoms with E-state index < -0.39 is 0 Å². The lowest BCUT2D eigenvalue weighted by atomic mass is 10.1. The smallest absolute Gasteiger partial charge is 0.252 e. The summed E-state index contributed by atoms with van der Waals surface area (Å²) in [5.74, 6) is 0.972. The quantitative estimate of drug-likeness (QED) is 0.894. The number of nitrogens with zero attached hydrogens (tertiary/aromatic N) is 4. The molecule has 1 atom stereocenters. The maximum atomic E-state index is 12.1. The van der Waals surface area contributed by atoms with E-state index in [9.17, 15) is 4.79 Å². The summed E-state index contributed by atoms with van der Waals surface area (Å²) >= 11 is 0. The van der Waals surface area contributed by atoms with Crippen molar-refractivity contribution in [2.75, 3.05) is 44.3 Å². The molecule has 0 aliphatic carbocycles. The molecule has 0 aromatic carbocycles. The molecule has 2 aromatic rings. The monoisotopic (exact) mass is 341 g/mol. The van der Waals surface area contributed by atoms with Gasteiger partial charge in [-0.15, -0.1) is 0 Å². The van der Waals surface area contributed by atoms with Crippen molar-refractivity contribution in [2.45, 2.75) is 18.9 Å². The summed E-state index contributed by atoms with van der Waals surface area (Å²) in [6, 6.07) is 7.65. The van der Waals surface area contributed by atoms with Gasteiger partial charge in [0.15, 0.2) is 0 Å². The van der Waals surface area contributed by atoms with Gasteiger partial charge in [0.2, 0.25) is 5.95 Å². The van der Waals surface area contributed by atoms with Gasteiger partial charge >= 0.3 is 0 Å². The molecule has 7 heteroatoms. The van der Waals surface area contributed by atoms with Crippen molar-refractivity contribution < 1.29 is 4.74 Å². The molecule has 2 aromatic heterocycles. The number of pyridine rings is 1.